The largest absolute Gasteiger partial charge is 0.491 e. The number of benzene rings is 1. The topological polar surface area (TPSA) is 50.7 Å². The van der Waals surface area contributed by atoms with Crippen LogP contribution in [0.1, 0.15) is 0 Å². The van der Waals surface area contributed by atoms with Crippen LogP contribution in [-0.4, -0.2) is 38.4 Å². The monoisotopic (exact) mass is 301 g/mol. The highest BCUT2D eigenvalue weighted by atomic mass is 79.9. The van der Waals surface area contributed by atoms with Crippen molar-refractivity contribution in [2.75, 3.05) is 26.4 Å². The van der Waals surface area contributed by atoms with Crippen molar-refractivity contribution in [1.29, 1.82) is 0 Å². The Bertz CT molecular complexity index is 308. The molecule has 0 saturated carbocycles. The number of hydrogen-bond donors (Lipinski definition) is 2. The molecule has 0 unspecified atom stereocenters. The Kier molecular flexibility index (Phi) is 7.27. The molecular weight excluding hydrogens is 285 g/mol. The molecule has 0 radical (unpaired) electrons. The van der Waals surface area contributed by atoms with Crippen LogP contribution >= 0.6 is 15.9 Å². The zero-order valence-electron chi connectivity index (χ0n) is 9.86. The molecule has 0 fully saturated rings. The molecule has 0 aliphatic heterocycles. The van der Waals surface area contributed by atoms with Gasteiger partial charge < -0.3 is 19.7 Å². The molecule has 1 rings (SSSR count). The SMILES string of the molecule is CB(O)NCCOCCOc1ccc(Br)cc1. The van der Waals surface area contributed by atoms with Crippen molar-refractivity contribution in [3.63, 3.8) is 0 Å². The number of rotatable bonds is 8. The normalized spacial score (nSPS) is 10.3. The lowest BCUT2D eigenvalue weighted by Crippen LogP contribution is -2.33. The minimum absolute atomic E-state index is 0.488. The zero-order valence-corrected chi connectivity index (χ0v) is 11.4. The Morgan fingerprint density at radius 2 is 1.94 bits per heavy atom. The van der Waals surface area contributed by atoms with Crippen molar-refractivity contribution < 1.29 is 14.5 Å². The van der Waals surface area contributed by atoms with Gasteiger partial charge in [-0.3, -0.25) is 0 Å². The van der Waals surface area contributed by atoms with Crippen LogP contribution in [-0.2, 0) is 4.74 Å². The summed E-state index contributed by atoms with van der Waals surface area (Å²) in [6.07, 6.45) is 0. The van der Waals surface area contributed by atoms with E-state index in [1.165, 1.54) is 0 Å². The van der Waals surface area contributed by atoms with Crippen molar-refractivity contribution in [1.82, 2.24) is 5.23 Å². The van der Waals surface area contributed by atoms with Gasteiger partial charge in [-0.05, 0) is 31.1 Å². The molecule has 4 nitrogen and oxygen atoms in total. The molecule has 94 valence electrons. The zero-order chi connectivity index (χ0) is 12.5. The first-order valence-corrected chi connectivity index (χ1v) is 6.35. The van der Waals surface area contributed by atoms with Crippen LogP contribution in [0.3, 0.4) is 0 Å². The van der Waals surface area contributed by atoms with Gasteiger partial charge in [0.2, 0.25) is 0 Å². The minimum Gasteiger partial charge on any atom is -0.491 e. The van der Waals surface area contributed by atoms with Gasteiger partial charge in [0.05, 0.1) is 13.2 Å². The molecule has 0 heterocycles. The number of hydrogen-bond acceptors (Lipinski definition) is 4. The van der Waals surface area contributed by atoms with E-state index in [1.54, 1.807) is 6.82 Å². The molecule has 0 aliphatic carbocycles. The standard InChI is InChI=1S/C11H17BBrNO3/c1-12(15)14-6-7-16-8-9-17-11-4-2-10(13)3-5-11/h2-5,14-15H,6-9H2,1H3. The third-order valence-electron chi connectivity index (χ3n) is 2.00. The maximum atomic E-state index is 8.93. The fourth-order valence-electron chi connectivity index (χ4n) is 1.19. The van der Waals surface area contributed by atoms with Crippen LogP contribution in [0.15, 0.2) is 28.7 Å². The van der Waals surface area contributed by atoms with Crippen LogP contribution in [0, 0.1) is 0 Å². The van der Waals surface area contributed by atoms with Crippen LogP contribution in [0.4, 0.5) is 0 Å². The van der Waals surface area contributed by atoms with Gasteiger partial charge in [-0.1, -0.05) is 15.9 Å². The lowest BCUT2D eigenvalue weighted by atomic mass is 9.89. The first kappa shape index (κ1) is 14.5. The van der Waals surface area contributed by atoms with E-state index in [0.29, 0.717) is 26.4 Å². The summed E-state index contributed by atoms with van der Waals surface area (Å²) in [4.78, 5) is 0. The maximum absolute atomic E-state index is 8.93. The predicted molar refractivity (Wildman–Crippen MR) is 72.3 cm³/mol. The second-order valence-electron chi connectivity index (χ2n) is 3.54. The van der Waals surface area contributed by atoms with Gasteiger partial charge in [-0.25, -0.2) is 0 Å². The Morgan fingerprint density at radius 1 is 1.24 bits per heavy atom. The summed E-state index contributed by atoms with van der Waals surface area (Å²) >= 11 is 3.36. The van der Waals surface area contributed by atoms with E-state index in [4.69, 9.17) is 14.5 Å². The van der Waals surface area contributed by atoms with E-state index in [0.717, 1.165) is 10.2 Å². The van der Waals surface area contributed by atoms with E-state index in [-0.39, 0.29) is 0 Å². The average Bonchev–Trinajstić information content (AvgIpc) is 2.30. The van der Waals surface area contributed by atoms with Crippen molar-refractivity contribution in [2.24, 2.45) is 0 Å². The van der Waals surface area contributed by atoms with Gasteiger partial charge in [0.1, 0.15) is 12.4 Å². The molecule has 0 amide bonds. The highest BCUT2D eigenvalue weighted by molar-refractivity contribution is 9.10. The molecular formula is C11H17BBrNO3. The smallest absolute Gasteiger partial charge is 0.373 e. The van der Waals surface area contributed by atoms with Gasteiger partial charge >= 0.3 is 7.05 Å². The summed E-state index contributed by atoms with van der Waals surface area (Å²) in [7, 11) is -0.488. The van der Waals surface area contributed by atoms with Gasteiger partial charge in [-0.15, -0.1) is 0 Å². The van der Waals surface area contributed by atoms with Crippen LogP contribution in [0.5, 0.6) is 5.75 Å². The lowest BCUT2D eigenvalue weighted by molar-refractivity contribution is 0.104. The quantitative estimate of drug-likeness (QED) is 0.565. The summed E-state index contributed by atoms with van der Waals surface area (Å²) < 4.78 is 11.8. The Morgan fingerprint density at radius 3 is 2.59 bits per heavy atom. The molecule has 2 N–H and O–H groups in total. The fraction of sp³-hybridized carbons (Fsp3) is 0.455. The molecule has 1 aromatic carbocycles. The third kappa shape index (κ3) is 7.38. The van der Waals surface area contributed by atoms with Crippen LogP contribution in [0.25, 0.3) is 0 Å². The summed E-state index contributed by atoms with van der Waals surface area (Å²) in [6, 6.07) is 7.67. The van der Waals surface area contributed by atoms with Crippen molar-refractivity contribution in [2.45, 2.75) is 6.82 Å². The first-order valence-electron chi connectivity index (χ1n) is 5.56. The van der Waals surface area contributed by atoms with Crippen LogP contribution < -0.4 is 9.96 Å². The molecule has 6 heteroatoms. The Balaban J connectivity index is 1.99. The third-order valence-corrected chi connectivity index (χ3v) is 2.52. The van der Waals surface area contributed by atoms with Crippen molar-refractivity contribution in [3.05, 3.63) is 28.7 Å². The average molecular weight is 302 g/mol. The Labute approximate surface area is 111 Å². The number of nitrogens with one attached hydrogen (secondary N) is 1. The van der Waals surface area contributed by atoms with Crippen molar-refractivity contribution >= 4 is 23.0 Å². The van der Waals surface area contributed by atoms with Gasteiger partial charge in [-0.2, -0.15) is 0 Å². The summed E-state index contributed by atoms with van der Waals surface area (Å²) in [5, 5.41) is 11.8. The minimum atomic E-state index is -0.488. The predicted octanol–water partition coefficient (Wildman–Crippen LogP) is 1.54. The molecule has 0 aromatic heterocycles. The second-order valence-corrected chi connectivity index (χ2v) is 4.46. The van der Waals surface area contributed by atoms with Gasteiger partial charge in [0.25, 0.3) is 0 Å². The van der Waals surface area contributed by atoms with Gasteiger partial charge in [0.15, 0.2) is 0 Å². The summed E-state index contributed by atoms with van der Waals surface area (Å²) in [6.45, 7) is 3.94. The lowest BCUT2D eigenvalue weighted by Gasteiger charge is -2.08. The van der Waals surface area contributed by atoms with E-state index in [2.05, 4.69) is 21.2 Å². The van der Waals surface area contributed by atoms with Crippen LogP contribution in [0.2, 0.25) is 6.82 Å². The molecule has 0 atom stereocenters. The molecule has 17 heavy (non-hydrogen) atoms. The maximum Gasteiger partial charge on any atom is 0.373 e. The first-order chi connectivity index (χ1) is 8.18. The number of halogens is 1. The Hall–Kier alpha value is -0.555. The van der Waals surface area contributed by atoms with E-state index in [1.807, 2.05) is 24.3 Å². The molecule has 0 aliphatic rings. The number of ether oxygens (including phenoxy) is 2. The summed E-state index contributed by atoms with van der Waals surface area (Å²) in [5.74, 6) is 0.832. The van der Waals surface area contributed by atoms with E-state index >= 15 is 0 Å². The van der Waals surface area contributed by atoms with Crippen molar-refractivity contribution in [3.8, 4) is 5.75 Å². The fourth-order valence-corrected chi connectivity index (χ4v) is 1.46. The molecule has 1 aromatic rings. The molecule has 0 bridgehead atoms. The molecule has 0 spiro atoms. The van der Waals surface area contributed by atoms with E-state index < -0.39 is 7.05 Å². The van der Waals surface area contributed by atoms with E-state index in [9.17, 15) is 0 Å². The summed E-state index contributed by atoms with van der Waals surface area (Å²) in [5.41, 5.74) is 0. The second kappa shape index (κ2) is 8.52. The highest BCUT2D eigenvalue weighted by Gasteiger charge is 1.99. The van der Waals surface area contributed by atoms with Gasteiger partial charge in [0, 0.05) is 11.0 Å². The highest BCUT2D eigenvalue weighted by Crippen LogP contribution is 2.15. The molecule has 0 saturated heterocycles.